The molecule has 116 valence electrons. The van der Waals surface area contributed by atoms with E-state index in [2.05, 4.69) is 10.3 Å². The molecule has 3 rings (SSSR count). The van der Waals surface area contributed by atoms with Gasteiger partial charge in [-0.15, -0.1) is 11.3 Å². The number of rotatable bonds is 3. The monoisotopic (exact) mass is 335 g/mol. The third-order valence-electron chi connectivity index (χ3n) is 3.97. The van der Waals surface area contributed by atoms with Gasteiger partial charge in [0.05, 0.1) is 5.69 Å². The van der Waals surface area contributed by atoms with Gasteiger partial charge >= 0.3 is 0 Å². The van der Waals surface area contributed by atoms with E-state index in [-0.39, 0.29) is 17.9 Å². The molecule has 1 aliphatic rings. The molecule has 2 aromatic rings. The Morgan fingerprint density at radius 3 is 2.95 bits per heavy atom. The van der Waals surface area contributed by atoms with Gasteiger partial charge in [0.2, 0.25) is 5.91 Å². The van der Waals surface area contributed by atoms with Crippen LogP contribution in [0.15, 0.2) is 29.6 Å². The van der Waals surface area contributed by atoms with E-state index in [9.17, 15) is 4.79 Å². The van der Waals surface area contributed by atoms with Crippen LogP contribution in [0.3, 0.4) is 0 Å². The van der Waals surface area contributed by atoms with E-state index in [1.165, 1.54) is 11.3 Å². The van der Waals surface area contributed by atoms with Crippen LogP contribution in [0, 0.1) is 5.92 Å². The molecule has 0 aliphatic heterocycles. The zero-order valence-electron chi connectivity index (χ0n) is 12.1. The predicted octanol–water partition coefficient (Wildman–Crippen LogP) is 3.92. The molecule has 3 N–H and O–H groups in total. The summed E-state index contributed by atoms with van der Waals surface area (Å²) in [6.45, 7) is 0. The lowest BCUT2D eigenvalue weighted by molar-refractivity contribution is -0.120. The Morgan fingerprint density at radius 2 is 2.18 bits per heavy atom. The molecule has 2 atom stereocenters. The van der Waals surface area contributed by atoms with Gasteiger partial charge in [0.15, 0.2) is 5.13 Å². The average molecular weight is 336 g/mol. The van der Waals surface area contributed by atoms with E-state index in [0.717, 1.165) is 36.9 Å². The fraction of sp³-hybridized carbons (Fsp3) is 0.375. The summed E-state index contributed by atoms with van der Waals surface area (Å²) in [5.41, 5.74) is 7.60. The molecule has 1 fully saturated rings. The molecule has 6 heteroatoms. The standard InChI is InChI=1S/C16H18ClN3OS/c17-13-7-2-1-6-12(13)14-9-22-16(19-14)20-15(21)10-4-3-5-11(18)8-10/h1-2,6-7,9-11H,3-5,8,18H2,(H,19,20,21). The highest BCUT2D eigenvalue weighted by Crippen LogP contribution is 2.31. The highest BCUT2D eigenvalue weighted by molar-refractivity contribution is 7.14. The van der Waals surface area contributed by atoms with Crippen LogP contribution >= 0.6 is 22.9 Å². The molecule has 0 radical (unpaired) electrons. The number of nitrogens with two attached hydrogens (primary N) is 1. The predicted molar refractivity (Wildman–Crippen MR) is 91.1 cm³/mol. The van der Waals surface area contributed by atoms with Crippen LogP contribution in [-0.4, -0.2) is 16.9 Å². The molecule has 0 spiro atoms. The smallest absolute Gasteiger partial charge is 0.229 e. The maximum absolute atomic E-state index is 12.3. The summed E-state index contributed by atoms with van der Waals surface area (Å²) >= 11 is 7.59. The SMILES string of the molecule is NC1CCCC(C(=O)Nc2nc(-c3ccccc3Cl)cs2)C1. The van der Waals surface area contributed by atoms with Gasteiger partial charge in [-0.25, -0.2) is 4.98 Å². The summed E-state index contributed by atoms with van der Waals surface area (Å²) in [6.07, 6.45) is 3.69. The summed E-state index contributed by atoms with van der Waals surface area (Å²) in [7, 11) is 0. The van der Waals surface area contributed by atoms with E-state index < -0.39 is 0 Å². The van der Waals surface area contributed by atoms with E-state index in [4.69, 9.17) is 17.3 Å². The zero-order chi connectivity index (χ0) is 15.5. The van der Waals surface area contributed by atoms with Gasteiger partial charge in [0, 0.05) is 27.9 Å². The number of benzene rings is 1. The summed E-state index contributed by atoms with van der Waals surface area (Å²) in [6, 6.07) is 7.69. The lowest BCUT2D eigenvalue weighted by Crippen LogP contribution is -2.34. The maximum atomic E-state index is 12.3. The van der Waals surface area contributed by atoms with Crippen LogP contribution in [0.25, 0.3) is 11.3 Å². The Kier molecular flexibility index (Phi) is 4.76. The molecule has 0 saturated heterocycles. The fourth-order valence-corrected chi connectivity index (χ4v) is 3.74. The van der Waals surface area contributed by atoms with Gasteiger partial charge in [-0.3, -0.25) is 4.79 Å². The van der Waals surface area contributed by atoms with Crippen molar-refractivity contribution < 1.29 is 4.79 Å². The van der Waals surface area contributed by atoms with Crippen LogP contribution in [0.2, 0.25) is 5.02 Å². The van der Waals surface area contributed by atoms with Gasteiger partial charge in [-0.1, -0.05) is 36.2 Å². The highest BCUT2D eigenvalue weighted by atomic mass is 35.5. The van der Waals surface area contributed by atoms with Crippen molar-refractivity contribution in [2.45, 2.75) is 31.7 Å². The second-order valence-electron chi connectivity index (χ2n) is 5.63. The van der Waals surface area contributed by atoms with Crippen LogP contribution in [0.1, 0.15) is 25.7 Å². The van der Waals surface area contributed by atoms with Crippen LogP contribution in [0.5, 0.6) is 0 Å². The van der Waals surface area contributed by atoms with Crippen molar-refractivity contribution in [3.05, 3.63) is 34.7 Å². The Morgan fingerprint density at radius 1 is 1.36 bits per heavy atom. The number of hydrogen-bond donors (Lipinski definition) is 2. The average Bonchev–Trinajstić information content (AvgIpc) is 2.96. The topological polar surface area (TPSA) is 68.0 Å². The number of anilines is 1. The van der Waals surface area contributed by atoms with Gasteiger partial charge in [-0.2, -0.15) is 0 Å². The van der Waals surface area contributed by atoms with Gasteiger partial charge in [0.1, 0.15) is 0 Å². The molecule has 1 aromatic carbocycles. The first-order valence-electron chi connectivity index (χ1n) is 7.40. The van der Waals surface area contributed by atoms with Crippen molar-refractivity contribution in [2.75, 3.05) is 5.32 Å². The third-order valence-corrected chi connectivity index (χ3v) is 5.06. The molecular weight excluding hydrogens is 318 g/mol. The number of amides is 1. The van der Waals surface area contributed by atoms with Gasteiger partial charge in [0.25, 0.3) is 0 Å². The first-order chi connectivity index (χ1) is 10.6. The number of aromatic nitrogens is 1. The molecule has 2 unspecified atom stereocenters. The summed E-state index contributed by atoms with van der Waals surface area (Å²) in [5.74, 6) is 0.0200. The van der Waals surface area contributed by atoms with Crippen molar-refractivity contribution in [3.63, 3.8) is 0 Å². The zero-order valence-corrected chi connectivity index (χ0v) is 13.7. The van der Waals surface area contributed by atoms with E-state index in [1.807, 2.05) is 29.6 Å². The molecule has 0 bridgehead atoms. The number of hydrogen-bond acceptors (Lipinski definition) is 4. The number of carbonyl (C=O) groups excluding carboxylic acids is 1. The second kappa shape index (κ2) is 6.77. The van der Waals surface area contributed by atoms with Crippen LogP contribution in [-0.2, 0) is 4.79 Å². The third kappa shape index (κ3) is 3.48. The molecule has 1 aliphatic carbocycles. The first kappa shape index (κ1) is 15.5. The lowest BCUT2D eigenvalue weighted by atomic mass is 9.86. The Bertz CT molecular complexity index is 673. The fourth-order valence-electron chi connectivity index (χ4n) is 2.80. The molecule has 1 aromatic heterocycles. The number of halogens is 1. The van der Waals surface area contributed by atoms with Gasteiger partial charge in [-0.05, 0) is 25.3 Å². The minimum absolute atomic E-state index is 0.00332. The Hall–Kier alpha value is -1.43. The van der Waals surface area contributed by atoms with E-state index >= 15 is 0 Å². The Balaban J connectivity index is 1.69. The molecule has 22 heavy (non-hydrogen) atoms. The minimum atomic E-state index is -0.00332. The van der Waals surface area contributed by atoms with E-state index in [0.29, 0.717) is 10.2 Å². The molecular formula is C16H18ClN3OS. The number of thiazole rings is 1. The lowest BCUT2D eigenvalue weighted by Gasteiger charge is -2.25. The van der Waals surface area contributed by atoms with Crippen molar-refractivity contribution in [2.24, 2.45) is 11.7 Å². The number of carbonyl (C=O) groups is 1. The number of nitrogens with zero attached hydrogens (tertiary/aromatic N) is 1. The van der Waals surface area contributed by atoms with Crippen molar-refractivity contribution in [1.29, 1.82) is 0 Å². The molecule has 4 nitrogen and oxygen atoms in total. The minimum Gasteiger partial charge on any atom is -0.328 e. The largest absolute Gasteiger partial charge is 0.328 e. The van der Waals surface area contributed by atoms with Gasteiger partial charge < -0.3 is 11.1 Å². The molecule has 1 saturated carbocycles. The van der Waals surface area contributed by atoms with Crippen LogP contribution < -0.4 is 11.1 Å². The van der Waals surface area contributed by atoms with Crippen molar-refractivity contribution in [3.8, 4) is 11.3 Å². The Labute approximate surface area is 138 Å². The normalized spacial score (nSPS) is 21.5. The van der Waals surface area contributed by atoms with Crippen LogP contribution in [0.4, 0.5) is 5.13 Å². The summed E-state index contributed by atoms with van der Waals surface area (Å²) < 4.78 is 0. The molecule has 1 heterocycles. The highest BCUT2D eigenvalue weighted by Gasteiger charge is 2.25. The summed E-state index contributed by atoms with van der Waals surface area (Å²) in [4.78, 5) is 16.8. The second-order valence-corrected chi connectivity index (χ2v) is 6.90. The van der Waals surface area contributed by atoms with Crippen molar-refractivity contribution in [1.82, 2.24) is 4.98 Å². The number of nitrogens with one attached hydrogen (secondary N) is 1. The quantitative estimate of drug-likeness (QED) is 0.893. The van der Waals surface area contributed by atoms with Crippen molar-refractivity contribution >= 4 is 34.0 Å². The first-order valence-corrected chi connectivity index (χ1v) is 8.66. The molecule has 1 amide bonds. The van der Waals surface area contributed by atoms with E-state index in [1.54, 1.807) is 0 Å². The summed E-state index contributed by atoms with van der Waals surface area (Å²) in [5, 5.41) is 6.08. The maximum Gasteiger partial charge on any atom is 0.229 e.